The second-order valence-electron chi connectivity index (χ2n) is 35.4. The molecule has 3 aliphatic rings. The number of hydrogen-bond acceptors (Lipinski definition) is 17. The third-order valence-electron chi connectivity index (χ3n) is 20.8. The van der Waals surface area contributed by atoms with Crippen molar-refractivity contribution in [2.75, 3.05) is 39.6 Å². The van der Waals surface area contributed by atoms with Crippen LogP contribution in [0.5, 0.6) is 0 Å². The summed E-state index contributed by atoms with van der Waals surface area (Å²) in [5, 5.41) is 18.5. The molecule has 0 radical (unpaired) electrons. The number of nitrogens with zero attached hydrogens (tertiary/aromatic N) is 3. The minimum Gasteiger partial charge on any atom is -0.479 e. The van der Waals surface area contributed by atoms with Crippen molar-refractivity contribution < 1.29 is 71.0 Å². The summed E-state index contributed by atoms with van der Waals surface area (Å²) in [7, 11) is 0. The van der Waals surface area contributed by atoms with E-state index in [0.29, 0.717) is 99.5 Å². The summed E-state index contributed by atoms with van der Waals surface area (Å²) in [5.41, 5.74) is 9.39. The molecule has 0 saturated heterocycles. The van der Waals surface area contributed by atoms with Gasteiger partial charge in [-0.25, -0.2) is 29.3 Å². The van der Waals surface area contributed by atoms with Crippen molar-refractivity contribution in [3.8, 4) is 34.4 Å². The lowest BCUT2D eigenvalue weighted by Gasteiger charge is -2.33. The molecule has 2 N–H and O–H groups in total. The van der Waals surface area contributed by atoms with E-state index in [2.05, 4.69) is 150 Å². The van der Waals surface area contributed by atoms with Crippen molar-refractivity contribution in [1.29, 1.82) is 0 Å². The van der Waals surface area contributed by atoms with Crippen molar-refractivity contribution >= 4 is 17.9 Å². The van der Waals surface area contributed by atoms with E-state index in [1.54, 1.807) is 41.5 Å². The molecule has 0 spiro atoms. The van der Waals surface area contributed by atoms with Crippen LogP contribution in [0.3, 0.4) is 0 Å². The summed E-state index contributed by atoms with van der Waals surface area (Å²) in [6.45, 7) is 53.1. The molecule has 3 aliphatic carbocycles. The van der Waals surface area contributed by atoms with Crippen molar-refractivity contribution in [3.63, 3.8) is 0 Å². The Morgan fingerprint density at radius 2 is 0.713 bits per heavy atom. The molecule has 18 heteroatoms. The van der Waals surface area contributed by atoms with Crippen molar-refractivity contribution in [2.24, 2.45) is 35.5 Å². The lowest BCUT2D eigenvalue weighted by molar-refractivity contribution is -0.182. The van der Waals surface area contributed by atoms with Gasteiger partial charge in [-0.15, -0.1) is 0 Å². The highest BCUT2D eigenvalue weighted by molar-refractivity contribution is 5.79. The van der Waals surface area contributed by atoms with Gasteiger partial charge in [-0.3, -0.25) is 0 Å². The highest BCUT2D eigenvalue weighted by atomic mass is 16.6. The Balaban J connectivity index is 0.000000235. The van der Waals surface area contributed by atoms with E-state index < -0.39 is 34.0 Å². The van der Waals surface area contributed by atoms with Crippen LogP contribution in [0.15, 0.2) is 67.8 Å². The molecule has 0 bridgehead atoms. The monoisotopic (exact) mass is 1500 g/mol. The maximum atomic E-state index is 12.5. The minimum atomic E-state index is -1.14. The van der Waals surface area contributed by atoms with Gasteiger partial charge in [0.05, 0.1) is 38.7 Å². The lowest BCUT2D eigenvalue weighted by atomic mass is 9.82. The summed E-state index contributed by atoms with van der Waals surface area (Å²) < 4.78 is 59.1. The van der Waals surface area contributed by atoms with Gasteiger partial charge in [0.25, 0.3) is 0 Å². The summed E-state index contributed by atoms with van der Waals surface area (Å²) >= 11 is 0. The molecular weight excluding hydrogens is 1360 g/mol. The second kappa shape index (κ2) is 40.6. The van der Waals surface area contributed by atoms with E-state index in [0.717, 1.165) is 140 Å². The number of benzene rings is 3. The van der Waals surface area contributed by atoms with Gasteiger partial charge in [0.2, 0.25) is 17.7 Å². The Hall–Kier alpha value is -6.54. The predicted molar refractivity (Wildman–Crippen MR) is 428 cm³/mol. The molecule has 6 atom stereocenters. The third kappa shape index (κ3) is 28.3. The van der Waals surface area contributed by atoms with Crippen LogP contribution in [0.25, 0.3) is 34.4 Å². The highest BCUT2D eigenvalue weighted by Gasteiger charge is 2.38. The van der Waals surface area contributed by atoms with E-state index in [9.17, 15) is 24.6 Å². The molecule has 0 unspecified atom stereocenters. The number of esters is 2. The zero-order valence-corrected chi connectivity index (χ0v) is 70.8. The Bertz CT molecular complexity index is 3800. The smallest absolute Gasteiger partial charge is 0.338 e. The quantitative estimate of drug-likeness (QED) is 0.0434. The maximum Gasteiger partial charge on any atom is 0.338 e. The van der Waals surface area contributed by atoms with Gasteiger partial charge in [-0.05, 0) is 294 Å². The molecule has 0 aliphatic heterocycles. The van der Waals surface area contributed by atoms with Gasteiger partial charge in [-0.1, -0.05) is 85.9 Å². The van der Waals surface area contributed by atoms with Gasteiger partial charge in [0.1, 0.15) is 39.9 Å². The molecule has 18 nitrogen and oxygen atoms in total. The lowest BCUT2D eigenvalue weighted by Crippen LogP contribution is -2.42. The number of carboxylic acid groups (broad SMARTS) is 1. The van der Waals surface area contributed by atoms with Gasteiger partial charge in [0, 0.05) is 54.3 Å². The zero-order valence-electron chi connectivity index (χ0n) is 70.8. The van der Waals surface area contributed by atoms with Crippen LogP contribution in [-0.4, -0.2) is 111 Å². The van der Waals surface area contributed by atoms with Crippen molar-refractivity contribution in [2.45, 2.75) is 316 Å². The number of carbonyl (C=O) groups is 3. The molecule has 108 heavy (non-hydrogen) atoms. The highest BCUT2D eigenvalue weighted by Crippen LogP contribution is 2.37. The van der Waals surface area contributed by atoms with Crippen LogP contribution in [0.4, 0.5) is 0 Å². The molecule has 0 amide bonds. The van der Waals surface area contributed by atoms with E-state index in [-0.39, 0.29) is 30.4 Å². The molecule has 602 valence electrons. The molecular formula is C90H137N3O15. The number of aliphatic hydroxyl groups excluding tert-OH is 1. The van der Waals surface area contributed by atoms with E-state index in [1.807, 2.05) is 41.5 Å². The number of carbonyl (C=O) groups excluding carboxylic acids is 2. The van der Waals surface area contributed by atoms with Crippen LogP contribution in [0, 0.1) is 77.0 Å². The fourth-order valence-corrected chi connectivity index (χ4v) is 13.6. The Morgan fingerprint density at radius 1 is 0.426 bits per heavy atom. The first kappa shape index (κ1) is 90.3. The maximum absolute atomic E-state index is 12.5. The first-order valence-corrected chi connectivity index (χ1v) is 40.1. The molecule has 3 fully saturated rings. The summed E-state index contributed by atoms with van der Waals surface area (Å²) in [6, 6.07) is 18.9. The van der Waals surface area contributed by atoms with Crippen molar-refractivity contribution in [3.05, 3.63) is 122 Å². The van der Waals surface area contributed by atoms with E-state index >= 15 is 0 Å². The summed E-state index contributed by atoms with van der Waals surface area (Å²) in [5.74, 6) is 6.68. The second-order valence-corrected chi connectivity index (χ2v) is 35.4. The third-order valence-corrected chi connectivity index (χ3v) is 20.8. The molecule has 9 rings (SSSR count). The van der Waals surface area contributed by atoms with Crippen LogP contribution in [0.1, 0.15) is 294 Å². The first-order valence-electron chi connectivity index (χ1n) is 40.1. The number of rotatable bonds is 28. The van der Waals surface area contributed by atoms with Crippen LogP contribution >= 0.6 is 0 Å². The zero-order chi connectivity index (χ0) is 80.2. The van der Waals surface area contributed by atoms with E-state index in [1.165, 1.54) is 33.4 Å². The fraction of sp³-hybridized carbons (Fsp3) is 0.667. The van der Waals surface area contributed by atoms with Gasteiger partial charge in [-0.2, -0.15) is 0 Å². The average Bonchev–Trinajstić information content (AvgIpc) is 1.68. The Labute approximate surface area is 648 Å². The van der Waals surface area contributed by atoms with Gasteiger partial charge < -0.3 is 56.6 Å². The number of aromatic nitrogens is 3. The summed E-state index contributed by atoms with van der Waals surface area (Å²) in [4.78, 5) is 50.1. The molecule has 3 aromatic carbocycles. The average molecular weight is 1500 g/mol. The van der Waals surface area contributed by atoms with E-state index in [4.69, 9.17) is 56.4 Å². The Kier molecular flexibility index (Phi) is 34.0. The number of aryl methyl sites for hydroxylation is 7. The fourth-order valence-electron chi connectivity index (χ4n) is 13.6. The predicted octanol–water partition coefficient (Wildman–Crippen LogP) is 21.4. The number of ether oxygens (including phenoxy) is 7. The number of oxazole rings is 3. The molecule has 3 aromatic heterocycles. The topological polar surface area (TPSA) is 234 Å². The van der Waals surface area contributed by atoms with Gasteiger partial charge in [0.15, 0.2) is 16.8 Å². The number of carboxylic acids is 1. The Morgan fingerprint density at radius 3 is 0.991 bits per heavy atom. The van der Waals surface area contributed by atoms with Gasteiger partial charge >= 0.3 is 17.9 Å². The van der Waals surface area contributed by atoms with Crippen LogP contribution < -0.4 is 0 Å². The number of aliphatic hydroxyl groups is 1. The standard InChI is InChI=1S/C31H47NO5.C27H39NO5.C16H21NO.C16H30O4/c1-20(2)27-26(32-28(36-27)25-14-13-21(3)22(4)15-25)19-34-17-23-11-10-12-24(16-23)18-35-31(8,9)29(33)37-30(5,6)7;1-17(2)24-23(28-25(33-24)22-11-10-18(3)19(4)12-22)16-31-14-20-8-7-9-21(13-20)15-32-27(5,6)26(29)30;1-6-14-15(10(2)3)18-16(17-14)13-8-7-11(4)12(5)9-13;1-15(2,3)20-14(18)16(4,5)19-11-13-8-6-7-12(9-13)10-17/h13-15,20,23-24H,10-12,16-19H2,1-9H3;10-12,17,20-21H,7-9,13-16H2,1-6H3,(H,29,30);7-10H,6H2,1-5H3;12-13,17H,6-11H2,1-5H3/t23-,24+;20-,21+;;12-,13+/m00.0/s1. The molecule has 3 heterocycles. The summed E-state index contributed by atoms with van der Waals surface area (Å²) in [6.07, 6.45) is 14.0. The number of hydrogen-bond donors (Lipinski definition) is 2. The first-order chi connectivity index (χ1) is 50.5. The minimum absolute atomic E-state index is 0.227. The van der Waals surface area contributed by atoms with Crippen molar-refractivity contribution in [1.82, 2.24) is 15.0 Å². The normalized spacial score (nSPS) is 18.8. The SMILES string of the molecule is CC(C)(C)OC(=O)C(C)(C)OC[C@@H]1CCC[C@H](CO)C1.CCc1nc(-c2ccc(C)c(C)c2)oc1C(C)C.Cc1ccc(-c2nc(COC[C@H]3CCC[C@@H](COC(C)(C)C(=O)O)C3)c(C(C)C)o2)cc1C.Cc1ccc(-c2nc(COC[C@H]3CCC[C@@H](COC(C)(C)C(=O)OC(C)(C)C)C3)c(C(C)C)o2)cc1C. The van der Waals surface area contributed by atoms with Crippen LogP contribution in [0.2, 0.25) is 0 Å². The molecule has 6 aromatic rings. The molecule has 3 saturated carbocycles. The largest absolute Gasteiger partial charge is 0.479 e. The van der Waals surface area contributed by atoms with Crippen LogP contribution in [-0.2, 0) is 67.2 Å². The number of aliphatic carboxylic acids is 1.